The van der Waals surface area contributed by atoms with Crippen molar-refractivity contribution in [3.05, 3.63) is 59.5 Å². The van der Waals surface area contributed by atoms with E-state index < -0.39 is 22.2 Å². The smallest absolute Gasteiger partial charge is 0.364 e. The second-order valence-electron chi connectivity index (χ2n) is 8.29. The molecule has 35 heavy (non-hydrogen) atoms. The molecule has 4 rings (SSSR count). The molecular weight excluding hydrogens is 503 g/mol. The van der Waals surface area contributed by atoms with Crippen molar-refractivity contribution in [3.8, 4) is 0 Å². The Morgan fingerprint density at radius 3 is 2.54 bits per heavy atom. The second-order valence-corrected chi connectivity index (χ2v) is 11.0. The Hall–Kier alpha value is -2.83. The molecule has 0 saturated carbocycles. The van der Waals surface area contributed by atoms with Crippen LogP contribution in [-0.2, 0) is 26.2 Å². The van der Waals surface area contributed by atoms with Gasteiger partial charge in [-0.05, 0) is 78.7 Å². The SMILES string of the molecule is CS(=O)(=O)N(OC(=O)C(F)(F)F)c1cccc(CN(c2ccc3sccc3c2)C2CCNCC2)c1. The van der Waals surface area contributed by atoms with Gasteiger partial charge < -0.3 is 15.1 Å². The number of anilines is 2. The number of halogens is 3. The van der Waals surface area contributed by atoms with E-state index in [2.05, 4.69) is 27.2 Å². The van der Waals surface area contributed by atoms with Gasteiger partial charge in [-0.15, -0.1) is 11.3 Å². The zero-order chi connectivity index (χ0) is 25.2. The summed E-state index contributed by atoms with van der Waals surface area (Å²) in [5.74, 6) is -2.62. The molecule has 1 fully saturated rings. The minimum absolute atomic E-state index is 0.0125. The number of fused-ring (bicyclic) bond motifs is 1. The fourth-order valence-electron chi connectivity index (χ4n) is 4.09. The lowest BCUT2D eigenvalue weighted by molar-refractivity contribution is -0.199. The molecule has 2 aromatic carbocycles. The summed E-state index contributed by atoms with van der Waals surface area (Å²) >= 11 is 1.65. The molecule has 1 N–H and O–H groups in total. The molecule has 1 aliphatic heterocycles. The molecule has 188 valence electrons. The molecule has 0 bridgehead atoms. The van der Waals surface area contributed by atoms with Gasteiger partial charge in [-0.2, -0.15) is 13.2 Å². The first-order valence-electron chi connectivity index (χ1n) is 10.9. The maximum absolute atomic E-state index is 12.7. The van der Waals surface area contributed by atoms with E-state index in [0.717, 1.165) is 41.7 Å². The molecule has 0 aliphatic carbocycles. The van der Waals surface area contributed by atoms with E-state index >= 15 is 0 Å². The standard InChI is InChI=1S/C23H24F3N3O4S2/c1-35(31,32)29(33-22(30)23(24,25)26)20-4-2-3-16(13-20)15-28(18-7-10-27-11-8-18)19-5-6-21-17(14-19)9-12-34-21/h2-6,9,12-14,18,27H,7-8,10-11,15H2,1H3. The highest BCUT2D eigenvalue weighted by molar-refractivity contribution is 7.91. The molecule has 0 amide bonds. The van der Waals surface area contributed by atoms with Crippen LogP contribution < -0.4 is 14.7 Å². The van der Waals surface area contributed by atoms with Gasteiger partial charge in [0.1, 0.15) is 0 Å². The van der Waals surface area contributed by atoms with Crippen LogP contribution in [0.25, 0.3) is 10.1 Å². The highest BCUT2D eigenvalue weighted by atomic mass is 32.2. The maximum atomic E-state index is 12.7. The van der Waals surface area contributed by atoms with E-state index in [1.807, 2.05) is 17.5 Å². The normalized spacial score (nSPS) is 15.2. The molecular formula is C23H24F3N3O4S2. The van der Waals surface area contributed by atoms with Gasteiger partial charge >= 0.3 is 12.1 Å². The van der Waals surface area contributed by atoms with Gasteiger partial charge in [0.25, 0.3) is 10.0 Å². The largest absolute Gasteiger partial charge is 0.493 e. The number of sulfonamides is 1. The number of benzene rings is 2. The van der Waals surface area contributed by atoms with Gasteiger partial charge in [-0.25, -0.2) is 13.2 Å². The van der Waals surface area contributed by atoms with Crippen molar-refractivity contribution in [1.82, 2.24) is 5.32 Å². The monoisotopic (exact) mass is 527 g/mol. The van der Waals surface area contributed by atoms with E-state index in [1.54, 1.807) is 17.4 Å². The Morgan fingerprint density at radius 2 is 1.86 bits per heavy atom. The topological polar surface area (TPSA) is 79.0 Å². The number of nitrogens with zero attached hydrogens (tertiary/aromatic N) is 2. The third-order valence-electron chi connectivity index (χ3n) is 5.69. The van der Waals surface area contributed by atoms with Crippen LogP contribution in [0.1, 0.15) is 18.4 Å². The average Bonchev–Trinajstić information content (AvgIpc) is 3.28. The summed E-state index contributed by atoms with van der Waals surface area (Å²) in [6.45, 7) is 2.10. The molecule has 3 aromatic rings. The number of hydrogen-bond donors (Lipinski definition) is 1. The maximum Gasteiger partial charge on any atom is 0.493 e. The lowest BCUT2D eigenvalue weighted by Crippen LogP contribution is -2.43. The van der Waals surface area contributed by atoms with E-state index in [-0.39, 0.29) is 16.2 Å². The molecule has 7 nitrogen and oxygen atoms in total. The summed E-state index contributed by atoms with van der Waals surface area (Å²) < 4.78 is 63.7. The first-order valence-corrected chi connectivity index (χ1v) is 13.6. The predicted molar refractivity (Wildman–Crippen MR) is 130 cm³/mol. The third-order valence-corrected chi connectivity index (χ3v) is 7.48. The Labute approximate surface area is 205 Å². The second kappa shape index (κ2) is 10.0. The van der Waals surface area contributed by atoms with Crippen molar-refractivity contribution in [2.75, 3.05) is 28.7 Å². The number of thiophene rings is 1. The van der Waals surface area contributed by atoms with E-state index in [1.165, 1.54) is 18.2 Å². The quantitative estimate of drug-likeness (QED) is 0.458. The van der Waals surface area contributed by atoms with Crippen molar-refractivity contribution in [2.45, 2.75) is 31.6 Å². The predicted octanol–water partition coefficient (Wildman–Crippen LogP) is 4.45. The fourth-order valence-corrected chi connectivity index (χ4v) is 5.56. The molecule has 1 aromatic heterocycles. The number of carbonyl (C=O) groups is 1. The molecule has 2 heterocycles. The van der Waals surface area contributed by atoms with Crippen LogP contribution in [0.2, 0.25) is 0 Å². The van der Waals surface area contributed by atoms with Crippen molar-refractivity contribution in [1.29, 1.82) is 0 Å². The molecule has 12 heteroatoms. The van der Waals surface area contributed by atoms with Crippen LogP contribution in [0.15, 0.2) is 53.9 Å². The van der Waals surface area contributed by atoms with Crippen LogP contribution in [0, 0.1) is 0 Å². The number of hydrogen-bond acceptors (Lipinski definition) is 7. The Kier molecular flexibility index (Phi) is 7.25. The van der Waals surface area contributed by atoms with Crippen molar-refractivity contribution in [3.63, 3.8) is 0 Å². The summed E-state index contributed by atoms with van der Waals surface area (Å²) in [6, 6.07) is 14.4. The van der Waals surface area contributed by atoms with Crippen LogP contribution in [0.3, 0.4) is 0 Å². The zero-order valence-corrected chi connectivity index (χ0v) is 20.4. The number of piperidine rings is 1. The lowest BCUT2D eigenvalue weighted by Gasteiger charge is -2.37. The molecule has 1 saturated heterocycles. The Morgan fingerprint density at radius 1 is 1.11 bits per heavy atom. The van der Waals surface area contributed by atoms with E-state index in [9.17, 15) is 26.4 Å². The molecule has 0 radical (unpaired) electrons. The first-order chi connectivity index (χ1) is 16.5. The molecule has 1 aliphatic rings. The highest BCUT2D eigenvalue weighted by Gasteiger charge is 2.44. The van der Waals surface area contributed by atoms with Gasteiger partial charge in [0.05, 0.1) is 11.9 Å². The summed E-state index contributed by atoms with van der Waals surface area (Å²) in [7, 11) is -4.34. The number of rotatable bonds is 7. The highest BCUT2D eigenvalue weighted by Crippen LogP contribution is 2.31. The summed E-state index contributed by atoms with van der Waals surface area (Å²) in [5.41, 5.74) is 1.46. The van der Waals surface area contributed by atoms with Gasteiger partial charge in [-0.3, -0.25) is 0 Å². The summed E-state index contributed by atoms with van der Waals surface area (Å²) in [6.07, 6.45) is -2.87. The van der Waals surface area contributed by atoms with Gasteiger partial charge in [0, 0.05) is 23.0 Å². The number of alkyl halides is 3. The fraction of sp³-hybridized carbons (Fsp3) is 0.348. The van der Waals surface area contributed by atoms with Gasteiger partial charge in [0.2, 0.25) is 0 Å². The average molecular weight is 528 g/mol. The lowest BCUT2D eigenvalue weighted by atomic mass is 10.0. The van der Waals surface area contributed by atoms with Crippen molar-refractivity contribution >= 4 is 48.8 Å². The molecule has 0 unspecified atom stereocenters. The van der Waals surface area contributed by atoms with Crippen molar-refractivity contribution in [2.24, 2.45) is 0 Å². The van der Waals surface area contributed by atoms with Crippen LogP contribution in [0.5, 0.6) is 0 Å². The molecule has 0 spiro atoms. The van der Waals surface area contributed by atoms with Gasteiger partial charge in [-0.1, -0.05) is 16.6 Å². The number of nitrogens with one attached hydrogen (secondary N) is 1. The number of carbonyl (C=O) groups excluding carboxylic acids is 1. The van der Waals surface area contributed by atoms with E-state index in [0.29, 0.717) is 18.4 Å². The Bertz CT molecular complexity index is 1300. The van der Waals surface area contributed by atoms with Crippen LogP contribution >= 0.6 is 11.3 Å². The van der Waals surface area contributed by atoms with E-state index in [4.69, 9.17) is 0 Å². The van der Waals surface area contributed by atoms with Crippen LogP contribution in [-0.4, -0.2) is 46.0 Å². The zero-order valence-electron chi connectivity index (χ0n) is 18.8. The van der Waals surface area contributed by atoms with Crippen LogP contribution in [0.4, 0.5) is 24.5 Å². The minimum atomic E-state index is -5.34. The Balaban J connectivity index is 1.66. The molecule has 0 atom stereocenters. The minimum Gasteiger partial charge on any atom is -0.364 e. The van der Waals surface area contributed by atoms with Crippen molar-refractivity contribution < 1.29 is 31.2 Å². The summed E-state index contributed by atoms with van der Waals surface area (Å²) in [4.78, 5) is 17.8. The first kappa shape index (κ1) is 25.3. The third kappa shape index (κ3) is 6.06. The van der Waals surface area contributed by atoms with Gasteiger partial charge in [0.15, 0.2) is 0 Å². The summed E-state index contributed by atoms with van der Waals surface area (Å²) in [5, 5.41) is 6.48.